The van der Waals surface area contributed by atoms with E-state index in [1.807, 2.05) is 18.2 Å². The lowest BCUT2D eigenvalue weighted by Gasteiger charge is -2.16. The van der Waals surface area contributed by atoms with E-state index in [-0.39, 0.29) is 31.0 Å². The van der Waals surface area contributed by atoms with Crippen molar-refractivity contribution in [3.63, 3.8) is 0 Å². The minimum atomic E-state index is -0.214. The minimum absolute atomic E-state index is 0. The van der Waals surface area contributed by atoms with Gasteiger partial charge >= 0.3 is 0 Å². The van der Waals surface area contributed by atoms with Crippen LogP contribution in [0, 0.1) is 0 Å². The third-order valence-electron chi connectivity index (χ3n) is 2.17. The second kappa shape index (κ2) is 8.31. The number of carbonyl (C=O) groups is 1. The van der Waals surface area contributed by atoms with Gasteiger partial charge in [-0.05, 0) is 17.7 Å². The zero-order chi connectivity index (χ0) is 12.0. The molecule has 1 amide bonds. The highest BCUT2D eigenvalue weighted by Gasteiger charge is 2.11. The molecule has 0 aromatic heterocycles. The molecule has 0 heterocycles. The molecule has 0 saturated heterocycles. The first kappa shape index (κ1) is 16.2. The van der Waals surface area contributed by atoms with Gasteiger partial charge in [0.25, 0.3) is 0 Å². The maximum absolute atomic E-state index is 11.0. The van der Waals surface area contributed by atoms with Crippen LogP contribution in [0.3, 0.4) is 0 Å². The normalized spacial score (nSPS) is 11.5. The van der Waals surface area contributed by atoms with Crippen LogP contribution in [0.1, 0.15) is 11.7 Å². The Morgan fingerprint density at radius 1 is 1.59 bits per heavy atom. The lowest BCUT2D eigenvalue weighted by molar-refractivity contribution is -0.120. The van der Waals surface area contributed by atoms with E-state index in [2.05, 4.69) is 5.32 Å². The van der Waals surface area contributed by atoms with Crippen molar-refractivity contribution >= 4 is 29.9 Å². The molecule has 1 aromatic rings. The Morgan fingerprint density at radius 3 is 2.82 bits per heavy atom. The summed E-state index contributed by atoms with van der Waals surface area (Å²) in [6.45, 7) is 0.360. The van der Waals surface area contributed by atoms with Crippen molar-refractivity contribution in [1.82, 2.24) is 5.32 Å². The average Bonchev–Trinajstić information content (AvgIpc) is 2.29. The fourth-order valence-corrected chi connectivity index (χ4v) is 1.52. The number of hydrogen-bond donors (Lipinski definition) is 2. The molecule has 0 aliphatic rings. The number of halogens is 2. The SMILES string of the molecule is COC(CNC(=O)CN)c1cccc(Cl)c1.Cl. The summed E-state index contributed by atoms with van der Waals surface area (Å²) in [5.74, 6) is -0.205. The van der Waals surface area contributed by atoms with E-state index in [1.165, 1.54) is 0 Å². The molecule has 0 fully saturated rings. The summed E-state index contributed by atoms with van der Waals surface area (Å²) in [7, 11) is 1.58. The summed E-state index contributed by atoms with van der Waals surface area (Å²) in [6.07, 6.45) is -0.214. The van der Waals surface area contributed by atoms with Gasteiger partial charge in [-0.2, -0.15) is 0 Å². The van der Waals surface area contributed by atoms with Gasteiger partial charge < -0.3 is 15.8 Å². The quantitative estimate of drug-likeness (QED) is 0.859. The van der Waals surface area contributed by atoms with Crippen LogP contribution in [-0.2, 0) is 9.53 Å². The number of carbonyl (C=O) groups excluding carboxylic acids is 1. The molecular formula is C11H16Cl2N2O2. The maximum atomic E-state index is 11.0. The summed E-state index contributed by atoms with van der Waals surface area (Å²) in [6, 6.07) is 7.34. The fraction of sp³-hybridized carbons (Fsp3) is 0.364. The van der Waals surface area contributed by atoms with Gasteiger partial charge in [0.1, 0.15) is 0 Å². The van der Waals surface area contributed by atoms with Crippen molar-refractivity contribution in [2.75, 3.05) is 20.2 Å². The number of nitrogens with one attached hydrogen (secondary N) is 1. The van der Waals surface area contributed by atoms with E-state index in [0.29, 0.717) is 11.6 Å². The Labute approximate surface area is 112 Å². The van der Waals surface area contributed by atoms with Crippen molar-refractivity contribution < 1.29 is 9.53 Å². The molecule has 96 valence electrons. The first-order valence-corrected chi connectivity index (χ1v) is 5.30. The van der Waals surface area contributed by atoms with Crippen molar-refractivity contribution in [3.05, 3.63) is 34.9 Å². The molecule has 0 bridgehead atoms. The second-order valence-corrected chi connectivity index (χ2v) is 3.72. The van der Waals surface area contributed by atoms with Gasteiger partial charge in [-0.3, -0.25) is 4.79 Å². The number of rotatable bonds is 5. The summed E-state index contributed by atoms with van der Waals surface area (Å²) in [4.78, 5) is 11.0. The molecule has 0 saturated carbocycles. The molecule has 1 atom stereocenters. The van der Waals surface area contributed by atoms with Crippen LogP contribution in [0.15, 0.2) is 24.3 Å². The Morgan fingerprint density at radius 2 is 2.29 bits per heavy atom. The smallest absolute Gasteiger partial charge is 0.233 e. The number of hydrogen-bond acceptors (Lipinski definition) is 3. The molecule has 1 aromatic carbocycles. The number of benzene rings is 1. The van der Waals surface area contributed by atoms with E-state index in [1.54, 1.807) is 13.2 Å². The predicted molar refractivity (Wildman–Crippen MR) is 70.5 cm³/mol. The number of nitrogens with two attached hydrogens (primary N) is 1. The zero-order valence-electron chi connectivity index (χ0n) is 9.48. The summed E-state index contributed by atoms with van der Waals surface area (Å²) in [5, 5.41) is 3.31. The van der Waals surface area contributed by atoms with Gasteiger partial charge in [-0.1, -0.05) is 23.7 Å². The van der Waals surface area contributed by atoms with Gasteiger partial charge in [0.15, 0.2) is 0 Å². The first-order chi connectivity index (χ1) is 7.67. The van der Waals surface area contributed by atoms with Gasteiger partial charge in [0.05, 0.1) is 12.6 Å². The van der Waals surface area contributed by atoms with Crippen LogP contribution >= 0.6 is 24.0 Å². The van der Waals surface area contributed by atoms with E-state index < -0.39 is 0 Å². The van der Waals surface area contributed by atoms with Crippen molar-refractivity contribution in [2.24, 2.45) is 5.73 Å². The van der Waals surface area contributed by atoms with Crippen molar-refractivity contribution in [1.29, 1.82) is 0 Å². The Kier molecular flexibility index (Phi) is 7.91. The summed E-state index contributed by atoms with van der Waals surface area (Å²) < 4.78 is 5.27. The molecule has 0 radical (unpaired) electrons. The average molecular weight is 279 g/mol. The first-order valence-electron chi connectivity index (χ1n) is 4.92. The minimum Gasteiger partial charge on any atom is -0.375 e. The largest absolute Gasteiger partial charge is 0.375 e. The van der Waals surface area contributed by atoms with Gasteiger partial charge in [-0.15, -0.1) is 12.4 Å². The highest BCUT2D eigenvalue weighted by atomic mass is 35.5. The Hall–Kier alpha value is -0.810. The van der Waals surface area contributed by atoms with Crippen LogP contribution in [0.25, 0.3) is 0 Å². The molecule has 1 unspecified atom stereocenters. The van der Waals surface area contributed by atoms with Crippen LogP contribution < -0.4 is 11.1 Å². The standard InChI is InChI=1S/C11H15ClN2O2.ClH/c1-16-10(7-14-11(15)6-13)8-3-2-4-9(12)5-8;/h2-5,10H,6-7,13H2,1H3,(H,14,15);1H. The number of amides is 1. The third-order valence-corrected chi connectivity index (χ3v) is 2.41. The topological polar surface area (TPSA) is 64.3 Å². The van der Waals surface area contributed by atoms with Gasteiger partial charge in [-0.25, -0.2) is 0 Å². The molecule has 17 heavy (non-hydrogen) atoms. The highest BCUT2D eigenvalue weighted by Crippen LogP contribution is 2.19. The summed E-state index contributed by atoms with van der Waals surface area (Å²) >= 11 is 5.87. The third kappa shape index (κ3) is 5.37. The van der Waals surface area contributed by atoms with Crippen LogP contribution in [-0.4, -0.2) is 26.1 Å². The fourth-order valence-electron chi connectivity index (χ4n) is 1.32. The molecule has 0 aliphatic heterocycles. The van der Waals surface area contributed by atoms with E-state index in [0.717, 1.165) is 5.56 Å². The second-order valence-electron chi connectivity index (χ2n) is 3.29. The van der Waals surface area contributed by atoms with Crippen LogP contribution in [0.2, 0.25) is 5.02 Å². The van der Waals surface area contributed by atoms with Crippen molar-refractivity contribution in [2.45, 2.75) is 6.10 Å². The van der Waals surface area contributed by atoms with E-state index in [9.17, 15) is 4.79 Å². The van der Waals surface area contributed by atoms with Crippen LogP contribution in [0.5, 0.6) is 0 Å². The van der Waals surface area contributed by atoms with E-state index in [4.69, 9.17) is 22.1 Å². The predicted octanol–water partition coefficient (Wildman–Crippen LogP) is 1.52. The molecule has 6 heteroatoms. The Balaban J connectivity index is 0.00000256. The lowest BCUT2D eigenvalue weighted by atomic mass is 10.1. The van der Waals surface area contributed by atoms with Gasteiger partial charge in [0.2, 0.25) is 5.91 Å². The van der Waals surface area contributed by atoms with E-state index >= 15 is 0 Å². The zero-order valence-corrected chi connectivity index (χ0v) is 11.1. The summed E-state index contributed by atoms with van der Waals surface area (Å²) in [5.41, 5.74) is 6.11. The lowest BCUT2D eigenvalue weighted by Crippen LogP contribution is -2.33. The molecule has 0 spiro atoms. The molecule has 0 aliphatic carbocycles. The van der Waals surface area contributed by atoms with Gasteiger partial charge in [0, 0.05) is 18.7 Å². The molecular weight excluding hydrogens is 263 g/mol. The Bertz CT molecular complexity index is 361. The molecule has 3 N–H and O–H groups in total. The molecule has 4 nitrogen and oxygen atoms in total. The van der Waals surface area contributed by atoms with Crippen LogP contribution in [0.4, 0.5) is 0 Å². The monoisotopic (exact) mass is 278 g/mol. The van der Waals surface area contributed by atoms with Crippen molar-refractivity contribution in [3.8, 4) is 0 Å². The number of methoxy groups -OCH3 is 1. The number of ether oxygens (including phenoxy) is 1. The maximum Gasteiger partial charge on any atom is 0.233 e. The molecule has 1 rings (SSSR count). The highest BCUT2D eigenvalue weighted by molar-refractivity contribution is 6.30.